The smallest absolute Gasteiger partial charge is 0.250 e. The number of hydrogen-bond donors (Lipinski definition) is 3. The van der Waals surface area contributed by atoms with Gasteiger partial charge in [0.1, 0.15) is 11.6 Å². The largest absolute Gasteiger partial charge is 0.396 e. The van der Waals surface area contributed by atoms with Gasteiger partial charge in [0.15, 0.2) is 0 Å². The summed E-state index contributed by atoms with van der Waals surface area (Å²) in [4.78, 5) is 40.9. The molecular formula is C21H26ClN3O5. The highest BCUT2D eigenvalue weighted by molar-refractivity contribution is 6.30. The Hall–Kier alpha value is -2.16. The van der Waals surface area contributed by atoms with E-state index in [2.05, 4.69) is 10.6 Å². The number of anilines is 1. The van der Waals surface area contributed by atoms with Crippen molar-refractivity contribution in [2.75, 3.05) is 25.5 Å². The van der Waals surface area contributed by atoms with Crippen LogP contribution in [0.2, 0.25) is 5.02 Å². The Labute approximate surface area is 179 Å². The highest BCUT2D eigenvalue weighted by Gasteiger charge is 2.74. The van der Waals surface area contributed by atoms with Crippen LogP contribution in [-0.2, 0) is 19.1 Å². The third kappa shape index (κ3) is 3.27. The van der Waals surface area contributed by atoms with Crippen LogP contribution >= 0.6 is 11.6 Å². The van der Waals surface area contributed by atoms with E-state index in [-0.39, 0.29) is 30.4 Å². The summed E-state index contributed by atoms with van der Waals surface area (Å²) in [5.41, 5.74) is -0.434. The number of carbonyl (C=O) groups is 3. The van der Waals surface area contributed by atoms with Gasteiger partial charge < -0.3 is 25.4 Å². The van der Waals surface area contributed by atoms with Crippen molar-refractivity contribution in [1.29, 1.82) is 0 Å². The second kappa shape index (κ2) is 8.17. The lowest BCUT2D eigenvalue weighted by Crippen LogP contribution is -2.53. The molecule has 3 saturated heterocycles. The number of halogens is 1. The summed E-state index contributed by atoms with van der Waals surface area (Å²) in [5.74, 6) is -2.06. The molecule has 1 spiro atoms. The van der Waals surface area contributed by atoms with Crippen LogP contribution in [0, 0.1) is 11.8 Å². The molecule has 0 aromatic heterocycles. The van der Waals surface area contributed by atoms with Crippen LogP contribution in [0.25, 0.3) is 0 Å². The first-order chi connectivity index (χ1) is 14.4. The molecule has 5 atom stereocenters. The van der Waals surface area contributed by atoms with Crippen molar-refractivity contribution < 1.29 is 24.2 Å². The summed E-state index contributed by atoms with van der Waals surface area (Å²) in [6, 6.07) is 5.92. The summed E-state index contributed by atoms with van der Waals surface area (Å²) in [7, 11) is 1.55. The maximum Gasteiger partial charge on any atom is 0.250 e. The van der Waals surface area contributed by atoms with E-state index in [1.54, 1.807) is 36.2 Å². The third-order valence-corrected chi connectivity index (χ3v) is 6.77. The van der Waals surface area contributed by atoms with Gasteiger partial charge in [-0.1, -0.05) is 11.6 Å². The fourth-order valence-electron chi connectivity index (χ4n) is 5.30. The quantitative estimate of drug-likeness (QED) is 0.557. The van der Waals surface area contributed by atoms with Crippen LogP contribution in [0.15, 0.2) is 24.3 Å². The van der Waals surface area contributed by atoms with Gasteiger partial charge in [0.05, 0.1) is 17.9 Å². The molecule has 2 bridgehead atoms. The van der Waals surface area contributed by atoms with Crippen LogP contribution < -0.4 is 10.6 Å². The minimum Gasteiger partial charge on any atom is -0.396 e. The van der Waals surface area contributed by atoms with Gasteiger partial charge in [-0.05, 0) is 49.9 Å². The lowest BCUT2D eigenvalue weighted by Gasteiger charge is -2.33. The first-order valence-corrected chi connectivity index (χ1v) is 10.7. The molecule has 3 aliphatic heterocycles. The fourth-order valence-corrected chi connectivity index (χ4v) is 5.42. The molecule has 8 nitrogen and oxygen atoms in total. The van der Waals surface area contributed by atoms with Crippen molar-refractivity contribution in [2.24, 2.45) is 11.8 Å². The number of hydrogen-bond acceptors (Lipinski definition) is 5. The van der Waals surface area contributed by atoms with Gasteiger partial charge >= 0.3 is 0 Å². The number of aliphatic hydroxyl groups excluding tert-OH is 1. The number of benzene rings is 1. The number of amides is 3. The highest BCUT2D eigenvalue weighted by Crippen LogP contribution is 2.58. The minimum absolute atomic E-state index is 0.0116. The maximum atomic E-state index is 13.4. The molecule has 9 heteroatoms. The van der Waals surface area contributed by atoms with E-state index in [0.717, 1.165) is 0 Å². The number of likely N-dealkylation sites (tertiary alicyclic amines) is 1. The number of ether oxygens (including phenoxy) is 1. The first-order valence-electron chi connectivity index (χ1n) is 10.3. The fraction of sp³-hybridized carbons (Fsp3) is 0.571. The van der Waals surface area contributed by atoms with E-state index in [1.807, 2.05) is 0 Å². The second-order valence-electron chi connectivity index (χ2n) is 8.13. The predicted octanol–water partition coefficient (Wildman–Crippen LogP) is 1.17. The van der Waals surface area contributed by atoms with Gasteiger partial charge in [-0.2, -0.15) is 0 Å². The van der Waals surface area contributed by atoms with Crippen LogP contribution in [-0.4, -0.2) is 65.7 Å². The normalized spacial score (nSPS) is 31.7. The number of aliphatic hydroxyl groups is 1. The Bertz CT molecular complexity index is 848. The summed E-state index contributed by atoms with van der Waals surface area (Å²) in [6.07, 6.45) is 1.91. The van der Waals surface area contributed by atoms with Crippen molar-refractivity contribution >= 4 is 35.0 Å². The average Bonchev–Trinajstić information content (AvgIpc) is 3.37. The summed E-state index contributed by atoms with van der Waals surface area (Å²) in [6.45, 7) is 0.336. The van der Waals surface area contributed by atoms with E-state index in [4.69, 9.17) is 21.4 Å². The number of carbonyl (C=O) groups excluding carboxylic acids is 3. The van der Waals surface area contributed by atoms with Gasteiger partial charge in [0, 0.05) is 30.9 Å². The monoisotopic (exact) mass is 435 g/mol. The number of nitrogens with one attached hydrogen (secondary N) is 2. The zero-order valence-electron chi connectivity index (χ0n) is 16.8. The Balaban J connectivity index is 1.66. The molecule has 1 aromatic rings. The van der Waals surface area contributed by atoms with E-state index in [0.29, 0.717) is 42.9 Å². The molecular weight excluding hydrogens is 410 g/mol. The number of rotatable bonds is 7. The topological polar surface area (TPSA) is 108 Å². The summed E-state index contributed by atoms with van der Waals surface area (Å²) in [5, 5.41) is 15.2. The van der Waals surface area contributed by atoms with Crippen LogP contribution in [0.1, 0.15) is 25.7 Å². The predicted molar refractivity (Wildman–Crippen MR) is 110 cm³/mol. The van der Waals surface area contributed by atoms with Crippen LogP contribution in [0.3, 0.4) is 0 Å². The lowest BCUT2D eigenvalue weighted by molar-refractivity contribution is -0.140. The number of nitrogens with zero attached hydrogens (tertiary/aromatic N) is 1. The molecule has 4 rings (SSSR count). The van der Waals surface area contributed by atoms with Crippen molar-refractivity contribution in [3.8, 4) is 0 Å². The summed E-state index contributed by atoms with van der Waals surface area (Å²) < 4.78 is 6.26. The molecule has 3 N–H and O–H groups in total. The Morgan fingerprint density at radius 2 is 2.00 bits per heavy atom. The first kappa shape index (κ1) is 21.1. The Morgan fingerprint density at radius 3 is 2.67 bits per heavy atom. The van der Waals surface area contributed by atoms with Gasteiger partial charge in [-0.15, -0.1) is 0 Å². The molecule has 1 aromatic carbocycles. The van der Waals surface area contributed by atoms with Crippen molar-refractivity contribution in [2.45, 2.75) is 43.4 Å². The van der Waals surface area contributed by atoms with Gasteiger partial charge in [-0.3, -0.25) is 14.4 Å². The highest BCUT2D eigenvalue weighted by atomic mass is 35.5. The van der Waals surface area contributed by atoms with Gasteiger partial charge in [-0.25, -0.2) is 0 Å². The molecule has 3 amide bonds. The van der Waals surface area contributed by atoms with Crippen molar-refractivity contribution in [3.63, 3.8) is 0 Å². The Morgan fingerprint density at radius 1 is 1.27 bits per heavy atom. The van der Waals surface area contributed by atoms with Crippen molar-refractivity contribution in [1.82, 2.24) is 10.2 Å². The third-order valence-electron chi connectivity index (χ3n) is 6.52. The van der Waals surface area contributed by atoms with E-state index in [9.17, 15) is 14.4 Å². The zero-order valence-corrected chi connectivity index (χ0v) is 17.5. The molecule has 162 valence electrons. The summed E-state index contributed by atoms with van der Waals surface area (Å²) >= 11 is 5.93. The molecule has 3 fully saturated rings. The maximum absolute atomic E-state index is 13.4. The molecule has 30 heavy (non-hydrogen) atoms. The number of unbranched alkanes of at least 4 members (excludes halogenated alkanes) is 1. The van der Waals surface area contributed by atoms with Gasteiger partial charge in [0.2, 0.25) is 17.7 Å². The Kier molecular flexibility index (Phi) is 5.74. The standard InChI is InChI=1S/C21H26ClN3O5/c1-23-18(27)15-14-8-9-21(30-14)16(15)20(29)25(10-2-3-11-26)17(21)19(28)24-13-6-4-12(22)5-7-13/h4-7,14-17,26H,2-3,8-11H2,1H3,(H,23,27)(H,24,28)/t14-,15+,16-,17?,21?/m0/s1. The van der Waals surface area contributed by atoms with Crippen LogP contribution in [0.5, 0.6) is 0 Å². The van der Waals surface area contributed by atoms with Gasteiger partial charge in [0.25, 0.3) is 0 Å². The molecule has 0 saturated carbocycles. The zero-order chi connectivity index (χ0) is 21.5. The van der Waals surface area contributed by atoms with E-state index in [1.165, 1.54) is 0 Å². The number of fused-ring (bicyclic) bond motifs is 1. The second-order valence-corrected chi connectivity index (χ2v) is 8.57. The lowest BCUT2D eigenvalue weighted by atomic mass is 9.70. The SMILES string of the molecule is CNC(=O)[C@@H]1[C@@H]2CCC3(O2)C(C(=O)Nc2ccc(Cl)cc2)N(CCCCO)C(=O)[C@H]13. The van der Waals surface area contributed by atoms with Crippen LogP contribution in [0.4, 0.5) is 5.69 Å². The van der Waals surface area contributed by atoms with E-state index < -0.39 is 23.5 Å². The minimum atomic E-state index is -1.01. The van der Waals surface area contributed by atoms with E-state index >= 15 is 0 Å². The molecule has 0 radical (unpaired) electrons. The molecule has 3 aliphatic rings. The molecule has 2 unspecified atom stereocenters. The van der Waals surface area contributed by atoms with Crippen molar-refractivity contribution in [3.05, 3.63) is 29.3 Å². The molecule has 0 aliphatic carbocycles. The average molecular weight is 436 g/mol. The molecule has 3 heterocycles.